The van der Waals surface area contributed by atoms with Crippen LogP contribution in [0.25, 0.3) is 0 Å². The number of hydrogen-bond acceptors (Lipinski definition) is 7. The van der Waals surface area contributed by atoms with Crippen molar-refractivity contribution in [1.29, 1.82) is 0 Å². The number of amides is 2. The molecule has 3 atom stereocenters. The number of benzene rings is 3. The first kappa shape index (κ1) is 22.3. The van der Waals surface area contributed by atoms with E-state index in [0.29, 0.717) is 5.56 Å². The molecule has 3 aliphatic rings. The van der Waals surface area contributed by atoms with Crippen LogP contribution >= 0.6 is 11.6 Å². The molecule has 178 valence electrons. The zero-order valence-corrected chi connectivity index (χ0v) is 19.0. The van der Waals surface area contributed by atoms with Crippen molar-refractivity contribution in [3.63, 3.8) is 0 Å². The molecule has 2 aliphatic heterocycles. The fraction of sp³-hybridized carbons (Fsp3) is 0.154. The Kier molecular flexibility index (Phi) is 4.73. The van der Waals surface area contributed by atoms with Crippen LogP contribution < -0.4 is 4.90 Å². The molecule has 1 spiro atoms. The lowest BCUT2D eigenvalue weighted by Crippen LogP contribution is -2.51. The summed E-state index contributed by atoms with van der Waals surface area (Å²) in [4.78, 5) is 66.4. The van der Waals surface area contributed by atoms with Gasteiger partial charge in [0.25, 0.3) is 5.69 Å². The molecule has 0 radical (unpaired) electrons. The second-order valence-electron chi connectivity index (χ2n) is 8.79. The number of anilines is 1. The quantitative estimate of drug-likeness (QED) is 0.230. The Labute approximate surface area is 208 Å². The van der Waals surface area contributed by atoms with Gasteiger partial charge < -0.3 is 4.74 Å². The van der Waals surface area contributed by atoms with E-state index in [4.69, 9.17) is 16.3 Å². The molecule has 3 aromatic carbocycles. The van der Waals surface area contributed by atoms with Crippen LogP contribution in [-0.2, 0) is 14.3 Å². The molecule has 2 heterocycles. The molecule has 6 rings (SSSR count). The lowest BCUT2D eigenvalue weighted by Gasteiger charge is -2.27. The monoisotopic (exact) mass is 502 g/mol. The number of non-ortho nitro benzene ring substituents is 1. The molecule has 1 aliphatic carbocycles. The van der Waals surface area contributed by atoms with Crippen LogP contribution in [-0.4, -0.2) is 33.9 Å². The van der Waals surface area contributed by atoms with Crippen LogP contribution in [0.2, 0.25) is 5.02 Å². The van der Waals surface area contributed by atoms with Gasteiger partial charge in [-0.05, 0) is 18.2 Å². The molecule has 36 heavy (non-hydrogen) atoms. The molecular weight excluding hydrogens is 488 g/mol. The van der Waals surface area contributed by atoms with Crippen LogP contribution in [0.5, 0.6) is 0 Å². The van der Waals surface area contributed by atoms with Crippen molar-refractivity contribution in [3.8, 4) is 0 Å². The summed E-state index contributed by atoms with van der Waals surface area (Å²) in [6.45, 7) is 0. The van der Waals surface area contributed by atoms with Gasteiger partial charge in [0.1, 0.15) is 0 Å². The molecule has 2 amide bonds. The first-order valence-electron chi connectivity index (χ1n) is 11.0. The van der Waals surface area contributed by atoms with Gasteiger partial charge in [-0.3, -0.25) is 29.3 Å². The third kappa shape index (κ3) is 2.75. The number of fused-ring (bicyclic) bond motifs is 3. The van der Waals surface area contributed by atoms with E-state index >= 15 is 0 Å². The number of ketones is 2. The van der Waals surface area contributed by atoms with Gasteiger partial charge in [-0.15, -0.1) is 0 Å². The second-order valence-corrected chi connectivity index (χ2v) is 9.20. The van der Waals surface area contributed by atoms with Gasteiger partial charge in [0.05, 0.1) is 28.6 Å². The van der Waals surface area contributed by atoms with Crippen LogP contribution in [0, 0.1) is 22.0 Å². The summed E-state index contributed by atoms with van der Waals surface area (Å²) < 4.78 is 6.19. The Hall–Kier alpha value is -4.21. The maximum atomic E-state index is 13.8. The van der Waals surface area contributed by atoms with E-state index in [1.54, 1.807) is 36.4 Å². The number of imide groups is 1. The molecule has 2 saturated heterocycles. The van der Waals surface area contributed by atoms with Gasteiger partial charge in [-0.1, -0.05) is 54.1 Å². The molecule has 10 heteroatoms. The SMILES string of the molecule is O=C1[C@@H]2[C@@H](C(=O)N1c1ccc([N+](=O)[O-])cc1)C1(O[C@H]2c2ccccc2Cl)C(=O)c2ccccc2C1=O. The number of halogens is 1. The van der Waals surface area contributed by atoms with Crippen LogP contribution in [0.1, 0.15) is 32.4 Å². The Morgan fingerprint density at radius 2 is 1.42 bits per heavy atom. The highest BCUT2D eigenvalue weighted by molar-refractivity contribution is 6.37. The van der Waals surface area contributed by atoms with Gasteiger partial charge in [0.15, 0.2) is 0 Å². The summed E-state index contributed by atoms with van der Waals surface area (Å²) >= 11 is 6.41. The van der Waals surface area contributed by atoms with Crippen molar-refractivity contribution in [3.05, 3.63) is 105 Å². The standard InChI is InChI=1S/C26H15ClN2O7/c27-18-8-4-3-7-17(18)21-19-20(26(36-21)22(30)15-5-1-2-6-16(15)23(26)31)25(33)28(24(19)32)13-9-11-14(12-10-13)29(34)35/h1-12,19-21H/t19-,20+,21+/m1/s1. The first-order valence-corrected chi connectivity index (χ1v) is 11.4. The van der Waals surface area contributed by atoms with Crippen LogP contribution in [0.4, 0.5) is 11.4 Å². The molecule has 2 fully saturated rings. The smallest absolute Gasteiger partial charge is 0.269 e. The zero-order valence-electron chi connectivity index (χ0n) is 18.3. The highest BCUT2D eigenvalue weighted by atomic mass is 35.5. The van der Waals surface area contributed by atoms with E-state index < -0.39 is 51.8 Å². The molecule has 0 saturated carbocycles. The number of nitro benzene ring substituents is 1. The van der Waals surface area contributed by atoms with E-state index in [1.165, 1.54) is 36.4 Å². The Bertz CT molecular complexity index is 1480. The average molecular weight is 503 g/mol. The van der Waals surface area contributed by atoms with E-state index in [0.717, 1.165) is 4.90 Å². The Morgan fingerprint density at radius 3 is 2.00 bits per heavy atom. The van der Waals surface area contributed by atoms with Gasteiger partial charge in [0.2, 0.25) is 29.0 Å². The summed E-state index contributed by atoms with van der Waals surface area (Å²) in [6.07, 6.45) is -1.15. The number of Topliss-reactive ketones (excluding diaryl/α,β-unsaturated/α-hetero) is 2. The topological polar surface area (TPSA) is 124 Å². The lowest BCUT2D eigenvalue weighted by atomic mass is 9.77. The van der Waals surface area contributed by atoms with E-state index in [-0.39, 0.29) is 27.5 Å². The van der Waals surface area contributed by atoms with Gasteiger partial charge in [0, 0.05) is 33.8 Å². The minimum Gasteiger partial charge on any atom is -0.349 e. The van der Waals surface area contributed by atoms with E-state index in [9.17, 15) is 29.3 Å². The average Bonchev–Trinajstić information content (AvgIpc) is 3.44. The summed E-state index contributed by atoms with van der Waals surface area (Å²) in [5.74, 6) is -5.48. The molecule has 0 bridgehead atoms. The maximum Gasteiger partial charge on any atom is 0.269 e. The van der Waals surface area contributed by atoms with Gasteiger partial charge >= 0.3 is 0 Å². The first-order chi connectivity index (χ1) is 17.3. The summed E-state index contributed by atoms with van der Waals surface area (Å²) in [6, 6.07) is 17.6. The predicted octanol–water partition coefficient (Wildman–Crippen LogP) is 3.94. The normalized spacial score (nSPS) is 23.9. The number of carbonyl (C=O) groups is 4. The maximum absolute atomic E-state index is 13.8. The summed E-state index contributed by atoms with van der Waals surface area (Å²) in [5.41, 5.74) is -1.74. The zero-order chi connectivity index (χ0) is 25.4. The highest BCUT2D eigenvalue weighted by Crippen LogP contribution is 2.58. The van der Waals surface area contributed by atoms with E-state index in [1.807, 2.05) is 0 Å². The molecule has 9 nitrogen and oxygen atoms in total. The number of nitro groups is 1. The number of rotatable bonds is 3. The van der Waals surface area contributed by atoms with Crippen LogP contribution in [0.3, 0.4) is 0 Å². The molecule has 0 unspecified atom stereocenters. The highest BCUT2D eigenvalue weighted by Gasteiger charge is 2.74. The minimum atomic E-state index is -2.22. The fourth-order valence-electron chi connectivity index (χ4n) is 5.48. The van der Waals surface area contributed by atoms with Gasteiger partial charge in [-0.25, -0.2) is 4.90 Å². The van der Waals surface area contributed by atoms with Crippen molar-refractivity contribution in [2.45, 2.75) is 11.7 Å². The fourth-order valence-corrected chi connectivity index (χ4v) is 5.73. The third-order valence-electron chi connectivity index (χ3n) is 7.05. The predicted molar refractivity (Wildman–Crippen MR) is 126 cm³/mol. The van der Waals surface area contributed by atoms with Crippen molar-refractivity contribution >= 4 is 46.4 Å². The Morgan fingerprint density at radius 1 is 0.833 bits per heavy atom. The number of carbonyl (C=O) groups excluding carboxylic acids is 4. The summed E-state index contributed by atoms with van der Waals surface area (Å²) in [7, 11) is 0. The van der Waals surface area contributed by atoms with E-state index in [2.05, 4.69) is 0 Å². The molecular formula is C26H15ClN2O7. The van der Waals surface area contributed by atoms with Crippen molar-refractivity contribution in [2.24, 2.45) is 11.8 Å². The third-order valence-corrected chi connectivity index (χ3v) is 7.39. The lowest BCUT2D eigenvalue weighted by molar-refractivity contribution is -0.384. The van der Waals surface area contributed by atoms with Crippen LogP contribution in [0.15, 0.2) is 72.8 Å². The minimum absolute atomic E-state index is 0.0912. The van der Waals surface area contributed by atoms with Gasteiger partial charge in [-0.2, -0.15) is 0 Å². The largest absolute Gasteiger partial charge is 0.349 e. The second kappa shape index (κ2) is 7.64. The number of nitrogens with zero attached hydrogens (tertiary/aromatic N) is 2. The number of ether oxygens (including phenoxy) is 1. The molecule has 0 aromatic heterocycles. The van der Waals surface area contributed by atoms with Crippen molar-refractivity contribution in [2.75, 3.05) is 4.90 Å². The Balaban J connectivity index is 1.53. The van der Waals surface area contributed by atoms with Crippen molar-refractivity contribution in [1.82, 2.24) is 0 Å². The number of hydrogen-bond donors (Lipinski definition) is 0. The molecule has 3 aromatic rings. The summed E-state index contributed by atoms with van der Waals surface area (Å²) in [5, 5.41) is 11.3. The molecule has 0 N–H and O–H groups in total. The van der Waals surface area contributed by atoms with Crippen molar-refractivity contribution < 1.29 is 28.8 Å².